The average molecular weight is 392 g/mol. The second kappa shape index (κ2) is 9.24. The molecule has 0 heterocycles. The average Bonchev–Trinajstić information content (AvgIpc) is 2.64. The van der Waals surface area contributed by atoms with Gasteiger partial charge in [-0.1, -0.05) is 24.9 Å². The normalized spacial score (nSPS) is 10.3. The summed E-state index contributed by atoms with van der Waals surface area (Å²) in [5.41, 5.74) is 0.246. The van der Waals surface area contributed by atoms with Crippen molar-refractivity contribution in [2.45, 2.75) is 33.1 Å². The first kappa shape index (κ1) is 20.5. The number of nitriles is 1. The Labute approximate surface area is 161 Å². The summed E-state index contributed by atoms with van der Waals surface area (Å²) in [4.78, 5) is 11.7. The van der Waals surface area contributed by atoms with E-state index in [2.05, 4.69) is 0 Å². The lowest BCUT2D eigenvalue weighted by atomic mass is 9.94. The molecule has 0 aromatic heterocycles. The van der Waals surface area contributed by atoms with Gasteiger partial charge in [0.25, 0.3) is 0 Å². The predicted molar refractivity (Wildman–Crippen MR) is 99.5 cm³/mol. The number of carbonyl (C=O) groups excluding carboxylic acids is 1. The number of nitrogens with zero attached hydrogens (tertiary/aromatic N) is 1. The molecule has 2 aromatic rings. The van der Waals surface area contributed by atoms with Crippen LogP contribution in [0.1, 0.15) is 37.8 Å². The molecule has 0 fully saturated rings. The van der Waals surface area contributed by atoms with Crippen molar-refractivity contribution in [2.24, 2.45) is 0 Å². The van der Waals surface area contributed by atoms with E-state index < -0.39 is 17.7 Å². The van der Waals surface area contributed by atoms with Crippen molar-refractivity contribution in [2.75, 3.05) is 6.61 Å². The van der Waals surface area contributed by atoms with E-state index in [1.165, 1.54) is 24.3 Å². The molecule has 0 radical (unpaired) electrons. The summed E-state index contributed by atoms with van der Waals surface area (Å²) in [6.45, 7) is 3.69. The number of unbranched alkanes of at least 4 members (excludes halogenated alkanes) is 1. The Hall–Kier alpha value is -2.78. The summed E-state index contributed by atoms with van der Waals surface area (Å²) >= 11 is 6.01. The number of aryl methyl sites for hydroxylation is 1. The van der Waals surface area contributed by atoms with E-state index in [0.717, 1.165) is 12.8 Å². The minimum atomic E-state index is -0.969. The van der Waals surface area contributed by atoms with Crippen LogP contribution in [0.3, 0.4) is 0 Å². The van der Waals surface area contributed by atoms with Gasteiger partial charge in [0, 0.05) is 16.1 Å². The molecule has 2 aromatic carbocycles. The van der Waals surface area contributed by atoms with Gasteiger partial charge >= 0.3 is 6.16 Å². The first-order valence-corrected chi connectivity index (χ1v) is 8.89. The third-order valence-corrected chi connectivity index (χ3v) is 4.14. The molecule has 0 amide bonds. The Morgan fingerprint density at radius 1 is 1.33 bits per heavy atom. The Morgan fingerprint density at radius 2 is 2.07 bits per heavy atom. The Kier molecular flexibility index (Phi) is 7.03. The van der Waals surface area contributed by atoms with Crippen LogP contribution in [0.4, 0.5) is 9.18 Å². The van der Waals surface area contributed by atoms with Crippen LogP contribution in [-0.4, -0.2) is 17.9 Å². The van der Waals surface area contributed by atoms with Crippen LogP contribution in [0.25, 0.3) is 11.1 Å². The van der Waals surface area contributed by atoms with Gasteiger partial charge in [-0.25, -0.2) is 9.18 Å². The van der Waals surface area contributed by atoms with Gasteiger partial charge < -0.3 is 14.6 Å². The summed E-state index contributed by atoms with van der Waals surface area (Å²) in [6, 6.07) is 7.57. The van der Waals surface area contributed by atoms with E-state index in [1.807, 2.05) is 13.0 Å². The molecule has 0 saturated carbocycles. The van der Waals surface area contributed by atoms with Crippen LogP contribution in [0, 0.1) is 17.1 Å². The fourth-order valence-electron chi connectivity index (χ4n) is 2.63. The smallest absolute Gasteiger partial charge is 0.505 e. The van der Waals surface area contributed by atoms with Crippen molar-refractivity contribution in [3.8, 4) is 28.7 Å². The Balaban J connectivity index is 2.64. The SMILES string of the molecule is CCCCc1cc(C#N)c(-c2cc(Cl)ccc2OC(=O)OCC)c(F)c1O. The maximum absolute atomic E-state index is 15.0. The molecule has 2 rings (SSSR count). The molecule has 5 nitrogen and oxygen atoms in total. The molecule has 1 N–H and O–H groups in total. The van der Waals surface area contributed by atoms with Gasteiger partial charge in [-0.2, -0.15) is 5.26 Å². The minimum absolute atomic E-state index is 0.00683. The van der Waals surface area contributed by atoms with Crippen molar-refractivity contribution in [1.29, 1.82) is 5.26 Å². The largest absolute Gasteiger partial charge is 0.513 e. The Morgan fingerprint density at radius 3 is 2.70 bits per heavy atom. The maximum atomic E-state index is 15.0. The summed E-state index contributed by atoms with van der Waals surface area (Å²) in [6.07, 6.45) is 1.07. The molecule has 0 spiro atoms. The molecule has 0 bridgehead atoms. The topological polar surface area (TPSA) is 79.5 Å². The molecule has 27 heavy (non-hydrogen) atoms. The third kappa shape index (κ3) is 4.69. The molecule has 0 unspecified atom stereocenters. The van der Waals surface area contributed by atoms with E-state index in [1.54, 1.807) is 6.92 Å². The van der Waals surface area contributed by atoms with Crippen molar-refractivity contribution >= 4 is 17.8 Å². The van der Waals surface area contributed by atoms with Crippen molar-refractivity contribution in [1.82, 2.24) is 0 Å². The van der Waals surface area contributed by atoms with Gasteiger partial charge in [-0.15, -0.1) is 0 Å². The molecular formula is C20H19ClFNO4. The van der Waals surface area contributed by atoms with Gasteiger partial charge in [0.15, 0.2) is 11.6 Å². The van der Waals surface area contributed by atoms with Gasteiger partial charge in [-0.3, -0.25) is 0 Å². The first-order chi connectivity index (χ1) is 12.9. The number of benzene rings is 2. The lowest BCUT2D eigenvalue weighted by Crippen LogP contribution is -2.11. The quantitative estimate of drug-likeness (QED) is 0.512. The van der Waals surface area contributed by atoms with Crippen molar-refractivity contribution in [3.05, 3.63) is 46.2 Å². The van der Waals surface area contributed by atoms with Crippen LogP contribution in [0.15, 0.2) is 24.3 Å². The van der Waals surface area contributed by atoms with Gasteiger partial charge in [0.05, 0.1) is 18.2 Å². The number of halogens is 2. The highest BCUT2D eigenvalue weighted by atomic mass is 35.5. The standard InChI is InChI=1S/C20H19ClFNO4/c1-3-5-6-12-9-13(11-23)17(18(22)19(12)24)15-10-14(21)7-8-16(15)27-20(25)26-4-2/h7-10,24H,3-6H2,1-2H3. The van der Waals surface area contributed by atoms with Crippen molar-refractivity contribution < 1.29 is 23.8 Å². The fraction of sp³-hybridized carbons (Fsp3) is 0.300. The summed E-state index contributed by atoms with van der Waals surface area (Å²) in [7, 11) is 0. The second-order valence-corrected chi connectivity index (χ2v) is 6.20. The number of rotatable bonds is 6. The summed E-state index contributed by atoms with van der Waals surface area (Å²) in [5, 5.41) is 20.0. The molecule has 0 aliphatic rings. The maximum Gasteiger partial charge on any atom is 0.513 e. The number of hydrogen-bond acceptors (Lipinski definition) is 5. The Bertz CT molecular complexity index is 893. The summed E-state index contributed by atoms with van der Waals surface area (Å²) in [5.74, 6) is -1.52. The molecule has 0 saturated heterocycles. The lowest BCUT2D eigenvalue weighted by molar-refractivity contribution is 0.104. The van der Waals surface area contributed by atoms with Gasteiger partial charge in [-0.05, 0) is 49.6 Å². The number of phenols is 1. The van der Waals surface area contributed by atoms with Crippen LogP contribution < -0.4 is 4.74 Å². The molecule has 0 aliphatic heterocycles. The zero-order valence-electron chi connectivity index (χ0n) is 15.0. The monoisotopic (exact) mass is 391 g/mol. The lowest BCUT2D eigenvalue weighted by Gasteiger charge is -2.15. The number of carbonyl (C=O) groups is 1. The van der Waals surface area contributed by atoms with Crippen molar-refractivity contribution in [3.63, 3.8) is 0 Å². The van der Waals surface area contributed by atoms with Crippen LogP contribution >= 0.6 is 11.6 Å². The van der Waals surface area contributed by atoms with E-state index in [-0.39, 0.29) is 34.1 Å². The highest BCUT2D eigenvalue weighted by Crippen LogP contribution is 2.40. The molecule has 0 aliphatic carbocycles. The number of aromatic hydroxyl groups is 1. The fourth-order valence-corrected chi connectivity index (χ4v) is 2.80. The number of phenolic OH excluding ortho intramolecular Hbond substituents is 1. The highest BCUT2D eigenvalue weighted by molar-refractivity contribution is 6.31. The summed E-state index contributed by atoms with van der Waals surface area (Å²) < 4.78 is 24.8. The van der Waals surface area contributed by atoms with Crippen LogP contribution in [0.5, 0.6) is 11.5 Å². The van der Waals surface area contributed by atoms with E-state index in [4.69, 9.17) is 21.1 Å². The number of hydrogen-bond donors (Lipinski definition) is 1. The highest BCUT2D eigenvalue weighted by Gasteiger charge is 2.23. The second-order valence-electron chi connectivity index (χ2n) is 5.76. The third-order valence-electron chi connectivity index (χ3n) is 3.91. The number of ether oxygens (including phenoxy) is 2. The van der Waals surface area contributed by atoms with E-state index in [0.29, 0.717) is 12.0 Å². The van der Waals surface area contributed by atoms with E-state index >= 15 is 4.39 Å². The zero-order valence-corrected chi connectivity index (χ0v) is 15.8. The van der Waals surface area contributed by atoms with Gasteiger partial charge in [0.2, 0.25) is 0 Å². The van der Waals surface area contributed by atoms with Crippen LogP contribution in [-0.2, 0) is 11.2 Å². The molecule has 7 heteroatoms. The minimum Gasteiger partial charge on any atom is -0.505 e. The van der Waals surface area contributed by atoms with Gasteiger partial charge in [0.1, 0.15) is 5.75 Å². The molecular weight excluding hydrogens is 373 g/mol. The molecule has 142 valence electrons. The van der Waals surface area contributed by atoms with E-state index in [9.17, 15) is 15.2 Å². The zero-order chi connectivity index (χ0) is 20.0. The molecule has 0 atom stereocenters. The van der Waals surface area contributed by atoms with Crippen LogP contribution in [0.2, 0.25) is 5.02 Å². The predicted octanol–water partition coefficient (Wildman–Crippen LogP) is 5.60. The first-order valence-electron chi connectivity index (χ1n) is 8.51.